The predicted molar refractivity (Wildman–Crippen MR) is 132 cm³/mol. The van der Waals surface area contributed by atoms with Gasteiger partial charge in [0.25, 0.3) is 0 Å². The third-order valence-electron chi connectivity index (χ3n) is 6.60. The molecule has 2 aliphatic heterocycles. The molecule has 178 valence electrons. The lowest BCUT2D eigenvalue weighted by molar-refractivity contribution is 0.111. The lowest BCUT2D eigenvalue weighted by Gasteiger charge is -2.41. The molecular weight excluding hydrogens is 445 g/mol. The minimum Gasteiger partial charge on any atom is -0.376 e. The second-order valence-corrected chi connectivity index (χ2v) is 8.79. The topological polar surface area (TPSA) is 81.5 Å². The number of urea groups is 1. The highest BCUT2D eigenvalue weighted by molar-refractivity contribution is 5.90. The van der Waals surface area contributed by atoms with Gasteiger partial charge in [0.15, 0.2) is 0 Å². The van der Waals surface area contributed by atoms with Gasteiger partial charge < -0.3 is 19.9 Å². The average Bonchev–Trinajstić information content (AvgIpc) is 2.89. The van der Waals surface area contributed by atoms with Gasteiger partial charge in [-0.25, -0.2) is 14.2 Å². The molecule has 1 fully saturated rings. The molecule has 2 aliphatic rings. The molecule has 0 radical (unpaired) electrons. The van der Waals surface area contributed by atoms with Gasteiger partial charge in [-0.15, -0.1) is 0 Å². The Bertz CT molecular complexity index is 1290. The Morgan fingerprint density at radius 1 is 1.14 bits per heavy atom. The van der Waals surface area contributed by atoms with Gasteiger partial charge >= 0.3 is 6.03 Å². The fraction of sp³-hybridized carbons (Fsp3) is 0.296. The number of amides is 2. The first-order valence-electron chi connectivity index (χ1n) is 11.7. The van der Waals surface area contributed by atoms with Gasteiger partial charge in [0.05, 0.1) is 30.2 Å². The van der Waals surface area contributed by atoms with Crippen LogP contribution in [0, 0.1) is 17.1 Å². The van der Waals surface area contributed by atoms with Gasteiger partial charge in [-0.2, -0.15) is 5.26 Å². The molecule has 3 heterocycles. The predicted octanol–water partition coefficient (Wildman–Crippen LogP) is 4.57. The molecule has 0 spiro atoms. The Balaban J connectivity index is 1.43. The van der Waals surface area contributed by atoms with Crippen LogP contribution in [-0.2, 0) is 17.8 Å². The van der Waals surface area contributed by atoms with Gasteiger partial charge in [0.1, 0.15) is 17.7 Å². The van der Waals surface area contributed by atoms with E-state index in [1.165, 1.54) is 6.07 Å². The fourth-order valence-corrected chi connectivity index (χ4v) is 4.82. The van der Waals surface area contributed by atoms with Crippen LogP contribution in [0.3, 0.4) is 0 Å². The van der Waals surface area contributed by atoms with Crippen LogP contribution < -0.4 is 10.2 Å². The molecule has 0 aliphatic carbocycles. The summed E-state index contributed by atoms with van der Waals surface area (Å²) in [5.41, 5.74) is 4.52. The molecule has 35 heavy (non-hydrogen) atoms. The number of halogens is 1. The minimum atomic E-state index is -0.471. The van der Waals surface area contributed by atoms with E-state index in [4.69, 9.17) is 9.72 Å². The monoisotopic (exact) mass is 471 g/mol. The molecule has 8 heteroatoms. The van der Waals surface area contributed by atoms with Crippen molar-refractivity contribution in [2.24, 2.45) is 0 Å². The summed E-state index contributed by atoms with van der Waals surface area (Å²) in [7, 11) is 0. The number of aromatic nitrogens is 1. The standard InChI is InChI=1S/C27H26FN5O2/c1-18-16-32(12-13-33(18)27(34)30-24-10-6-5-9-23(24)28)26-21(15-29)20-11-14-35-17-22(20)25(31-26)19-7-3-2-4-8-19/h2-10,18H,11-14,16-17H2,1H3,(H,30,34)/t18-/m1/s1. The maximum Gasteiger partial charge on any atom is 0.322 e. The number of hydrogen-bond acceptors (Lipinski definition) is 5. The third-order valence-corrected chi connectivity index (χ3v) is 6.60. The molecule has 2 aromatic carbocycles. The van der Waals surface area contributed by atoms with E-state index < -0.39 is 5.82 Å². The first-order valence-corrected chi connectivity index (χ1v) is 11.7. The molecule has 0 unspecified atom stereocenters. The molecular formula is C27H26FN5O2. The van der Waals surface area contributed by atoms with Crippen molar-refractivity contribution in [1.82, 2.24) is 9.88 Å². The van der Waals surface area contributed by atoms with E-state index in [9.17, 15) is 14.4 Å². The average molecular weight is 472 g/mol. The Morgan fingerprint density at radius 2 is 1.91 bits per heavy atom. The number of nitrogens with one attached hydrogen (secondary N) is 1. The van der Waals surface area contributed by atoms with Crippen molar-refractivity contribution in [1.29, 1.82) is 5.26 Å². The van der Waals surface area contributed by atoms with E-state index in [-0.39, 0.29) is 17.8 Å². The van der Waals surface area contributed by atoms with Crippen LogP contribution in [0.2, 0.25) is 0 Å². The van der Waals surface area contributed by atoms with E-state index in [0.29, 0.717) is 50.7 Å². The molecule has 1 atom stereocenters. The zero-order chi connectivity index (χ0) is 24.4. The van der Waals surface area contributed by atoms with E-state index in [0.717, 1.165) is 22.4 Å². The number of piperazine rings is 1. The van der Waals surface area contributed by atoms with Crippen molar-refractivity contribution in [2.75, 3.05) is 36.5 Å². The minimum absolute atomic E-state index is 0.157. The van der Waals surface area contributed by atoms with Crippen molar-refractivity contribution < 1.29 is 13.9 Å². The van der Waals surface area contributed by atoms with Crippen molar-refractivity contribution >= 4 is 17.5 Å². The molecule has 0 saturated carbocycles. The summed E-state index contributed by atoms with van der Waals surface area (Å²) in [4.78, 5) is 21.6. The van der Waals surface area contributed by atoms with E-state index in [1.807, 2.05) is 37.3 Å². The van der Waals surface area contributed by atoms with Crippen molar-refractivity contribution in [3.63, 3.8) is 0 Å². The summed E-state index contributed by atoms with van der Waals surface area (Å²) in [5, 5.41) is 12.8. The fourth-order valence-electron chi connectivity index (χ4n) is 4.82. The Hall–Kier alpha value is -3.96. The SMILES string of the molecule is C[C@@H]1CN(c2nc(-c3ccccc3)c3c(c2C#N)CCOC3)CCN1C(=O)Nc1ccccc1F. The highest BCUT2D eigenvalue weighted by Crippen LogP contribution is 2.35. The number of carbonyl (C=O) groups excluding carboxylic acids is 1. The summed E-state index contributed by atoms with van der Waals surface area (Å²) < 4.78 is 19.7. The summed E-state index contributed by atoms with van der Waals surface area (Å²) in [6.07, 6.45) is 0.661. The van der Waals surface area contributed by atoms with E-state index >= 15 is 0 Å². The number of nitriles is 1. The number of hydrogen-bond donors (Lipinski definition) is 1. The number of ether oxygens (including phenoxy) is 1. The van der Waals surface area contributed by atoms with Crippen LogP contribution in [-0.4, -0.2) is 48.2 Å². The number of anilines is 2. The van der Waals surface area contributed by atoms with Crippen LogP contribution in [0.4, 0.5) is 20.7 Å². The summed E-state index contributed by atoms with van der Waals surface area (Å²) in [6, 6.07) is 17.9. The van der Waals surface area contributed by atoms with Gasteiger partial charge in [-0.3, -0.25) is 0 Å². The lowest BCUT2D eigenvalue weighted by Crippen LogP contribution is -2.55. The van der Waals surface area contributed by atoms with Crippen molar-refractivity contribution in [3.8, 4) is 17.3 Å². The smallest absolute Gasteiger partial charge is 0.322 e. The number of pyridine rings is 1. The number of para-hydroxylation sites is 1. The highest BCUT2D eigenvalue weighted by atomic mass is 19.1. The number of fused-ring (bicyclic) bond motifs is 1. The molecule has 7 nitrogen and oxygen atoms in total. The van der Waals surface area contributed by atoms with Crippen molar-refractivity contribution in [3.05, 3.63) is 77.1 Å². The normalized spacial score (nSPS) is 17.5. The Labute approximate surface area is 203 Å². The van der Waals surface area contributed by atoms with Crippen molar-refractivity contribution in [2.45, 2.75) is 26.0 Å². The quantitative estimate of drug-likeness (QED) is 0.605. The molecule has 1 aromatic heterocycles. The molecule has 5 rings (SSSR count). The number of nitrogens with zero attached hydrogens (tertiary/aromatic N) is 4. The van der Waals surface area contributed by atoms with Gasteiger partial charge in [-0.05, 0) is 31.0 Å². The van der Waals surface area contributed by atoms with Crippen LogP contribution in [0.1, 0.15) is 23.6 Å². The zero-order valence-corrected chi connectivity index (χ0v) is 19.5. The van der Waals surface area contributed by atoms with Gasteiger partial charge in [0, 0.05) is 36.8 Å². The van der Waals surface area contributed by atoms with E-state index in [1.54, 1.807) is 23.1 Å². The lowest BCUT2D eigenvalue weighted by atomic mass is 9.93. The number of carbonyl (C=O) groups is 1. The molecule has 1 saturated heterocycles. The maximum absolute atomic E-state index is 14.0. The Kier molecular flexibility index (Phi) is 6.34. The van der Waals surface area contributed by atoms with Crippen LogP contribution >= 0.6 is 0 Å². The molecule has 2 amide bonds. The van der Waals surface area contributed by atoms with Gasteiger partial charge in [-0.1, -0.05) is 42.5 Å². The molecule has 3 aromatic rings. The number of benzene rings is 2. The molecule has 0 bridgehead atoms. The van der Waals surface area contributed by atoms with Crippen LogP contribution in [0.25, 0.3) is 11.3 Å². The van der Waals surface area contributed by atoms with Crippen LogP contribution in [0.5, 0.6) is 0 Å². The maximum atomic E-state index is 14.0. The van der Waals surface area contributed by atoms with Crippen LogP contribution in [0.15, 0.2) is 54.6 Å². The van der Waals surface area contributed by atoms with E-state index in [2.05, 4.69) is 16.3 Å². The number of rotatable bonds is 3. The largest absolute Gasteiger partial charge is 0.376 e. The summed E-state index contributed by atoms with van der Waals surface area (Å²) in [5.74, 6) is 0.175. The molecule has 1 N–H and O–H groups in total. The third kappa shape index (κ3) is 4.43. The second-order valence-electron chi connectivity index (χ2n) is 8.79. The second kappa shape index (κ2) is 9.72. The first kappa shape index (κ1) is 22.8. The zero-order valence-electron chi connectivity index (χ0n) is 19.5. The first-order chi connectivity index (χ1) is 17.1. The summed E-state index contributed by atoms with van der Waals surface area (Å²) >= 11 is 0. The highest BCUT2D eigenvalue weighted by Gasteiger charge is 2.32. The summed E-state index contributed by atoms with van der Waals surface area (Å²) in [6.45, 7) is 4.40. The Morgan fingerprint density at radius 3 is 2.66 bits per heavy atom. The van der Waals surface area contributed by atoms with Gasteiger partial charge in [0.2, 0.25) is 0 Å².